The third-order valence-electron chi connectivity index (χ3n) is 4.33. The molecule has 2 aliphatic rings. The zero-order valence-corrected chi connectivity index (χ0v) is 12.6. The number of rotatable bonds is 5. The number of hydrogen-bond acceptors (Lipinski definition) is 3. The Morgan fingerprint density at radius 1 is 1.10 bits per heavy atom. The molecule has 1 heterocycles. The van der Waals surface area contributed by atoms with Gasteiger partial charge in [0.1, 0.15) is 0 Å². The van der Waals surface area contributed by atoms with Gasteiger partial charge in [-0.25, -0.2) is 0 Å². The Morgan fingerprint density at radius 3 is 2.35 bits per heavy atom. The van der Waals surface area contributed by atoms with Crippen LogP contribution in [0.3, 0.4) is 0 Å². The van der Waals surface area contributed by atoms with Gasteiger partial charge in [-0.1, -0.05) is 19.8 Å². The predicted molar refractivity (Wildman–Crippen MR) is 78.3 cm³/mol. The van der Waals surface area contributed by atoms with Gasteiger partial charge in [-0.2, -0.15) is 0 Å². The van der Waals surface area contributed by atoms with Crippen molar-refractivity contribution in [1.29, 1.82) is 0 Å². The van der Waals surface area contributed by atoms with Gasteiger partial charge in [-0.15, -0.1) is 0 Å². The molecule has 0 bridgehead atoms. The molecule has 1 aliphatic carbocycles. The highest BCUT2D eigenvalue weighted by Gasteiger charge is 2.29. The predicted octanol–water partition coefficient (Wildman–Crippen LogP) is 0.847. The molecule has 1 N–H and O–H groups in total. The highest BCUT2D eigenvalue weighted by Crippen LogP contribution is 2.26. The minimum Gasteiger partial charge on any atom is -0.355 e. The molecule has 20 heavy (non-hydrogen) atoms. The minimum absolute atomic E-state index is 0.0995. The summed E-state index contributed by atoms with van der Waals surface area (Å²) in [7, 11) is 0. The first kappa shape index (κ1) is 15.3. The van der Waals surface area contributed by atoms with Crippen molar-refractivity contribution in [2.24, 2.45) is 5.92 Å². The molecule has 0 radical (unpaired) electrons. The van der Waals surface area contributed by atoms with E-state index in [4.69, 9.17) is 0 Å². The van der Waals surface area contributed by atoms with E-state index in [9.17, 15) is 9.59 Å². The van der Waals surface area contributed by atoms with Gasteiger partial charge in [0.25, 0.3) is 0 Å². The maximum absolute atomic E-state index is 12.3. The largest absolute Gasteiger partial charge is 0.355 e. The summed E-state index contributed by atoms with van der Waals surface area (Å²) >= 11 is 0. The second-order valence-corrected chi connectivity index (χ2v) is 5.93. The van der Waals surface area contributed by atoms with Gasteiger partial charge in [0.05, 0.1) is 6.54 Å². The summed E-state index contributed by atoms with van der Waals surface area (Å²) in [6, 6.07) is 0. The summed E-state index contributed by atoms with van der Waals surface area (Å²) in [6.07, 6.45) is 5.51. The van der Waals surface area contributed by atoms with Crippen LogP contribution in [0.5, 0.6) is 0 Å². The maximum Gasteiger partial charge on any atom is 0.234 e. The third-order valence-corrected chi connectivity index (χ3v) is 4.33. The van der Waals surface area contributed by atoms with Gasteiger partial charge in [-0.05, 0) is 19.3 Å². The first-order chi connectivity index (χ1) is 9.70. The number of carbonyl (C=O) groups excluding carboxylic acids is 2. The van der Waals surface area contributed by atoms with Crippen LogP contribution in [-0.4, -0.2) is 60.9 Å². The lowest BCUT2D eigenvalue weighted by Crippen LogP contribution is -2.52. The van der Waals surface area contributed by atoms with Gasteiger partial charge >= 0.3 is 0 Å². The van der Waals surface area contributed by atoms with Crippen molar-refractivity contribution in [1.82, 2.24) is 15.1 Å². The van der Waals surface area contributed by atoms with Crippen molar-refractivity contribution in [3.63, 3.8) is 0 Å². The number of amides is 2. The van der Waals surface area contributed by atoms with Crippen LogP contribution in [0.1, 0.15) is 39.0 Å². The summed E-state index contributed by atoms with van der Waals surface area (Å²) in [4.78, 5) is 28.1. The molecule has 0 spiro atoms. The maximum atomic E-state index is 12.3. The van der Waals surface area contributed by atoms with Crippen molar-refractivity contribution in [2.75, 3.05) is 39.3 Å². The molecule has 0 aromatic carbocycles. The average molecular weight is 281 g/mol. The normalized spacial score (nSPS) is 21.1. The average Bonchev–Trinajstić information content (AvgIpc) is 2.99. The van der Waals surface area contributed by atoms with E-state index >= 15 is 0 Å². The van der Waals surface area contributed by atoms with Crippen LogP contribution in [-0.2, 0) is 9.59 Å². The van der Waals surface area contributed by atoms with Crippen molar-refractivity contribution in [2.45, 2.75) is 39.0 Å². The van der Waals surface area contributed by atoms with Crippen LogP contribution < -0.4 is 5.32 Å². The Hall–Kier alpha value is -1.10. The zero-order chi connectivity index (χ0) is 14.4. The molecule has 1 saturated carbocycles. The number of nitrogens with zero attached hydrogens (tertiary/aromatic N) is 2. The molecule has 114 valence electrons. The number of piperazine rings is 1. The summed E-state index contributed by atoms with van der Waals surface area (Å²) < 4.78 is 0. The standard InChI is InChI=1S/C15H27N3O2/c1-2-7-16-14(19)12-17-8-10-18(11-9-17)15(20)13-5-3-4-6-13/h13H,2-12H2,1H3,(H,16,19). The van der Waals surface area contributed by atoms with E-state index in [1.54, 1.807) is 0 Å². The minimum atomic E-state index is 0.0995. The van der Waals surface area contributed by atoms with E-state index in [1.165, 1.54) is 12.8 Å². The Balaban J connectivity index is 1.69. The van der Waals surface area contributed by atoms with Gasteiger partial charge < -0.3 is 10.2 Å². The summed E-state index contributed by atoms with van der Waals surface area (Å²) in [5.41, 5.74) is 0. The molecular weight excluding hydrogens is 254 g/mol. The SMILES string of the molecule is CCCNC(=O)CN1CCN(C(=O)C2CCCC2)CC1. The summed E-state index contributed by atoms with van der Waals surface area (Å²) in [6.45, 7) is 6.45. The molecule has 0 unspecified atom stereocenters. The van der Waals surface area contributed by atoms with Crippen LogP contribution in [0, 0.1) is 5.92 Å². The van der Waals surface area contributed by atoms with E-state index in [-0.39, 0.29) is 11.8 Å². The smallest absolute Gasteiger partial charge is 0.234 e. The number of nitrogens with one attached hydrogen (secondary N) is 1. The van der Waals surface area contributed by atoms with Gasteiger partial charge in [-0.3, -0.25) is 14.5 Å². The van der Waals surface area contributed by atoms with Crippen LogP contribution in [0.15, 0.2) is 0 Å². The van der Waals surface area contributed by atoms with Gasteiger partial charge in [0, 0.05) is 38.6 Å². The molecular formula is C15H27N3O2. The fourth-order valence-electron chi connectivity index (χ4n) is 3.08. The fraction of sp³-hybridized carbons (Fsp3) is 0.867. The second kappa shape index (κ2) is 7.62. The topological polar surface area (TPSA) is 52.7 Å². The highest BCUT2D eigenvalue weighted by atomic mass is 16.2. The monoisotopic (exact) mass is 281 g/mol. The van der Waals surface area contributed by atoms with Crippen molar-refractivity contribution in [3.05, 3.63) is 0 Å². The van der Waals surface area contributed by atoms with Crippen LogP contribution >= 0.6 is 0 Å². The zero-order valence-electron chi connectivity index (χ0n) is 12.6. The molecule has 0 atom stereocenters. The third kappa shape index (κ3) is 4.20. The van der Waals surface area contributed by atoms with Gasteiger partial charge in [0.2, 0.25) is 11.8 Å². The van der Waals surface area contributed by atoms with Crippen molar-refractivity contribution < 1.29 is 9.59 Å². The Morgan fingerprint density at radius 2 is 1.75 bits per heavy atom. The van der Waals surface area contributed by atoms with E-state index in [1.807, 2.05) is 11.8 Å². The van der Waals surface area contributed by atoms with Crippen LogP contribution in [0.4, 0.5) is 0 Å². The first-order valence-electron chi connectivity index (χ1n) is 7.98. The number of carbonyl (C=O) groups is 2. The molecule has 1 saturated heterocycles. The summed E-state index contributed by atoms with van der Waals surface area (Å²) in [5, 5.41) is 2.90. The quantitative estimate of drug-likeness (QED) is 0.813. The molecule has 5 heteroatoms. The second-order valence-electron chi connectivity index (χ2n) is 5.93. The lowest BCUT2D eigenvalue weighted by atomic mass is 10.1. The Labute approximate surface area is 121 Å². The molecule has 1 aliphatic heterocycles. The molecule has 2 fully saturated rings. The lowest BCUT2D eigenvalue weighted by molar-refractivity contribution is -0.137. The summed E-state index contributed by atoms with van der Waals surface area (Å²) in [5.74, 6) is 0.717. The molecule has 0 aromatic heterocycles. The van der Waals surface area contributed by atoms with E-state index in [0.717, 1.165) is 52.0 Å². The van der Waals surface area contributed by atoms with Crippen LogP contribution in [0.2, 0.25) is 0 Å². The number of hydrogen-bond donors (Lipinski definition) is 1. The Bertz CT molecular complexity index is 332. The first-order valence-corrected chi connectivity index (χ1v) is 7.98. The van der Waals surface area contributed by atoms with E-state index in [2.05, 4.69) is 10.2 Å². The van der Waals surface area contributed by atoms with Crippen molar-refractivity contribution in [3.8, 4) is 0 Å². The molecule has 2 amide bonds. The van der Waals surface area contributed by atoms with Gasteiger partial charge in [0.15, 0.2) is 0 Å². The van der Waals surface area contributed by atoms with Crippen LogP contribution in [0.25, 0.3) is 0 Å². The van der Waals surface area contributed by atoms with E-state index in [0.29, 0.717) is 12.5 Å². The molecule has 2 rings (SSSR count). The lowest BCUT2D eigenvalue weighted by Gasteiger charge is -2.35. The fourth-order valence-corrected chi connectivity index (χ4v) is 3.08. The van der Waals surface area contributed by atoms with E-state index < -0.39 is 0 Å². The Kier molecular flexibility index (Phi) is 5.83. The van der Waals surface area contributed by atoms with Crippen molar-refractivity contribution >= 4 is 11.8 Å². The highest BCUT2D eigenvalue weighted by molar-refractivity contribution is 5.79. The molecule has 5 nitrogen and oxygen atoms in total. The molecule has 0 aromatic rings.